The van der Waals surface area contributed by atoms with Crippen molar-refractivity contribution in [3.63, 3.8) is 0 Å². The summed E-state index contributed by atoms with van der Waals surface area (Å²) in [6, 6.07) is 20.0. The van der Waals surface area contributed by atoms with Crippen molar-refractivity contribution in [3.8, 4) is 28.8 Å². The second-order valence-corrected chi connectivity index (χ2v) is 9.87. The Morgan fingerprint density at radius 3 is 2.68 bits per heavy atom. The number of anilines is 1. The van der Waals surface area contributed by atoms with Crippen LogP contribution in [0.5, 0.6) is 5.75 Å². The lowest BCUT2D eigenvalue weighted by molar-refractivity contribution is 0.286. The second-order valence-electron chi connectivity index (χ2n) is 9.87. The van der Waals surface area contributed by atoms with Gasteiger partial charge >= 0.3 is 0 Å². The first-order chi connectivity index (χ1) is 20.1. The van der Waals surface area contributed by atoms with Gasteiger partial charge in [-0.2, -0.15) is 0 Å². The molecule has 0 aliphatic rings. The maximum Gasteiger partial charge on any atom is 0.138 e. The lowest BCUT2D eigenvalue weighted by atomic mass is 10.0. The van der Waals surface area contributed by atoms with Crippen LogP contribution in [0.1, 0.15) is 17.5 Å². The van der Waals surface area contributed by atoms with Gasteiger partial charge in [0.2, 0.25) is 0 Å². The van der Waals surface area contributed by atoms with E-state index in [1.54, 1.807) is 31.1 Å². The van der Waals surface area contributed by atoms with Crippen molar-refractivity contribution in [2.75, 3.05) is 12.3 Å². The first kappa shape index (κ1) is 26.0. The summed E-state index contributed by atoms with van der Waals surface area (Å²) in [5.41, 5.74) is 17.2. The molecule has 0 radical (unpaired) electrons. The number of rotatable bonds is 8. The zero-order chi connectivity index (χ0) is 28.0. The van der Waals surface area contributed by atoms with E-state index in [0.29, 0.717) is 23.9 Å². The van der Waals surface area contributed by atoms with Crippen molar-refractivity contribution in [1.29, 1.82) is 0 Å². The van der Waals surface area contributed by atoms with Gasteiger partial charge in [0.05, 0.1) is 23.7 Å². The number of nitrogens with zero attached hydrogens (tertiary/aromatic N) is 5. The first-order valence-corrected chi connectivity index (χ1v) is 13.4. The number of aromatic nitrogens is 5. The highest BCUT2D eigenvalue weighted by Crippen LogP contribution is 2.32. The van der Waals surface area contributed by atoms with E-state index >= 15 is 0 Å². The smallest absolute Gasteiger partial charge is 0.138 e. The maximum absolute atomic E-state index is 6.40. The molecule has 0 saturated heterocycles. The molecule has 1 atom stereocenters. The Morgan fingerprint density at radius 2 is 1.83 bits per heavy atom. The summed E-state index contributed by atoms with van der Waals surface area (Å²) < 4.78 is 8.00. The van der Waals surface area contributed by atoms with Gasteiger partial charge in [0.25, 0.3) is 0 Å². The standard InChI is InChI=1S/C33H29N7O/c34-26(14-23-6-2-1-3-7-23)21-41-27-16-25(18-37-19-27)31-17-29-28-10-9-24(8-4-5-12-40-13-11-36-22-40)15-32(28)38-20-30(29)33(35)39-31/h1-3,6-7,9-11,13,15-20,22,26H,5,12,14,21,34H2,(H2,35,39)/t26-/m0/s1. The molecule has 0 fully saturated rings. The number of benzene rings is 2. The highest BCUT2D eigenvalue weighted by molar-refractivity contribution is 6.09. The van der Waals surface area contributed by atoms with Crippen LogP contribution in [0.2, 0.25) is 0 Å². The van der Waals surface area contributed by atoms with Crippen LogP contribution in [0.3, 0.4) is 0 Å². The lowest BCUT2D eigenvalue weighted by Gasteiger charge is -2.14. The highest BCUT2D eigenvalue weighted by Gasteiger charge is 2.12. The number of hydrogen-bond acceptors (Lipinski definition) is 7. The molecule has 41 heavy (non-hydrogen) atoms. The molecule has 0 spiro atoms. The minimum absolute atomic E-state index is 0.138. The van der Waals surface area contributed by atoms with Crippen molar-refractivity contribution >= 4 is 27.5 Å². The molecule has 8 heteroatoms. The van der Waals surface area contributed by atoms with Gasteiger partial charge < -0.3 is 20.8 Å². The fraction of sp³-hybridized carbons (Fsp3) is 0.152. The van der Waals surface area contributed by atoms with Crippen molar-refractivity contribution < 1.29 is 4.74 Å². The van der Waals surface area contributed by atoms with Crippen LogP contribution in [-0.2, 0) is 13.0 Å². The molecule has 6 aromatic rings. The Bertz CT molecular complexity index is 1860. The molecule has 202 valence electrons. The molecule has 0 bridgehead atoms. The van der Waals surface area contributed by atoms with Gasteiger partial charge in [-0.15, -0.1) is 0 Å². The number of ether oxygens (including phenoxy) is 1. The van der Waals surface area contributed by atoms with E-state index in [2.05, 4.69) is 43.9 Å². The van der Waals surface area contributed by atoms with Gasteiger partial charge in [0.1, 0.15) is 18.2 Å². The fourth-order valence-electron chi connectivity index (χ4n) is 4.74. The van der Waals surface area contributed by atoms with Crippen LogP contribution in [0.15, 0.2) is 98.0 Å². The summed E-state index contributed by atoms with van der Waals surface area (Å²) in [4.78, 5) is 17.7. The number of aryl methyl sites for hydroxylation is 1. The summed E-state index contributed by atoms with van der Waals surface area (Å²) in [5.74, 6) is 7.51. The molecular weight excluding hydrogens is 510 g/mol. The number of fused-ring (bicyclic) bond motifs is 3. The van der Waals surface area contributed by atoms with E-state index in [9.17, 15) is 0 Å². The number of imidazole rings is 1. The predicted molar refractivity (Wildman–Crippen MR) is 162 cm³/mol. The number of pyridine rings is 3. The third-order valence-corrected chi connectivity index (χ3v) is 6.81. The quantitative estimate of drug-likeness (QED) is 0.206. The van der Waals surface area contributed by atoms with E-state index in [1.807, 2.05) is 59.3 Å². The third kappa shape index (κ3) is 6.16. The first-order valence-electron chi connectivity index (χ1n) is 13.4. The summed E-state index contributed by atoms with van der Waals surface area (Å²) in [6.07, 6.45) is 12.2. The summed E-state index contributed by atoms with van der Waals surface area (Å²) in [5, 5.41) is 2.75. The van der Waals surface area contributed by atoms with Gasteiger partial charge in [-0.25, -0.2) is 9.97 Å². The second kappa shape index (κ2) is 11.9. The minimum atomic E-state index is -0.138. The summed E-state index contributed by atoms with van der Waals surface area (Å²) in [7, 11) is 0. The molecular formula is C33H29N7O. The molecule has 0 aliphatic carbocycles. The normalized spacial score (nSPS) is 11.7. The molecule has 0 unspecified atom stereocenters. The van der Waals surface area contributed by atoms with Crippen LogP contribution < -0.4 is 16.2 Å². The van der Waals surface area contributed by atoms with Crippen LogP contribution in [-0.4, -0.2) is 37.2 Å². The highest BCUT2D eigenvalue weighted by atomic mass is 16.5. The zero-order valence-corrected chi connectivity index (χ0v) is 22.4. The number of nitrogens with two attached hydrogens (primary N) is 2. The topological polar surface area (TPSA) is 118 Å². The average molecular weight is 540 g/mol. The monoisotopic (exact) mass is 539 g/mol. The Balaban J connectivity index is 1.22. The van der Waals surface area contributed by atoms with E-state index < -0.39 is 0 Å². The van der Waals surface area contributed by atoms with Gasteiger partial charge in [0.15, 0.2) is 0 Å². The Hall–Kier alpha value is -5.26. The Morgan fingerprint density at radius 1 is 0.927 bits per heavy atom. The van der Waals surface area contributed by atoms with E-state index in [4.69, 9.17) is 16.2 Å². The van der Waals surface area contributed by atoms with Crippen LogP contribution in [0.25, 0.3) is 32.9 Å². The fourth-order valence-corrected chi connectivity index (χ4v) is 4.74. The molecule has 4 heterocycles. The Labute approximate surface area is 238 Å². The van der Waals surface area contributed by atoms with Gasteiger partial charge in [-0.05, 0) is 41.6 Å². The Kier molecular flexibility index (Phi) is 7.52. The van der Waals surface area contributed by atoms with E-state index in [1.165, 1.54) is 5.56 Å². The van der Waals surface area contributed by atoms with Crippen LogP contribution >= 0.6 is 0 Å². The largest absolute Gasteiger partial charge is 0.490 e. The van der Waals surface area contributed by atoms with Crippen molar-refractivity contribution in [1.82, 2.24) is 24.5 Å². The average Bonchev–Trinajstić information content (AvgIpc) is 3.52. The zero-order valence-electron chi connectivity index (χ0n) is 22.4. The molecule has 0 aliphatic heterocycles. The third-order valence-electron chi connectivity index (χ3n) is 6.81. The molecule has 0 amide bonds. The van der Waals surface area contributed by atoms with Crippen LogP contribution in [0, 0.1) is 11.8 Å². The summed E-state index contributed by atoms with van der Waals surface area (Å²) >= 11 is 0. The molecule has 4 aromatic heterocycles. The van der Waals surface area contributed by atoms with Gasteiger partial charge in [-0.1, -0.05) is 48.2 Å². The summed E-state index contributed by atoms with van der Waals surface area (Å²) in [6.45, 7) is 1.18. The molecule has 8 nitrogen and oxygen atoms in total. The van der Waals surface area contributed by atoms with Crippen molar-refractivity contribution in [2.45, 2.75) is 25.4 Å². The molecule has 2 aromatic carbocycles. The lowest BCUT2D eigenvalue weighted by Crippen LogP contribution is -2.30. The number of hydrogen-bond donors (Lipinski definition) is 2. The maximum atomic E-state index is 6.40. The predicted octanol–water partition coefficient (Wildman–Crippen LogP) is 5.01. The SMILES string of the molecule is Nc1nc(-c2cncc(OC[C@@H](N)Cc3ccccc3)c2)cc2c1cnc1cc(C#CCCn3ccnc3)ccc12. The molecule has 4 N–H and O–H groups in total. The van der Waals surface area contributed by atoms with Gasteiger partial charge in [0, 0.05) is 65.7 Å². The molecule has 0 saturated carbocycles. The van der Waals surface area contributed by atoms with Crippen LogP contribution in [0.4, 0.5) is 5.82 Å². The minimum Gasteiger partial charge on any atom is -0.490 e. The van der Waals surface area contributed by atoms with Crippen molar-refractivity contribution in [3.05, 3.63) is 109 Å². The number of nitrogen functional groups attached to an aromatic ring is 1. The van der Waals surface area contributed by atoms with E-state index in [0.717, 1.165) is 52.2 Å². The molecule has 6 rings (SSSR count). The van der Waals surface area contributed by atoms with Gasteiger partial charge in [-0.3, -0.25) is 9.97 Å². The van der Waals surface area contributed by atoms with Crippen molar-refractivity contribution in [2.24, 2.45) is 5.73 Å². The van der Waals surface area contributed by atoms with E-state index in [-0.39, 0.29) is 6.04 Å².